The number of amides is 1. The van der Waals surface area contributed by atoms with Crippen molar-refractivity contribution < 1.29 is 27.5 Å². The molecule has 13 nitrogen and oxygen atoms in total. The van der Waals surface area contributed by atoms with E-state index in [1.807, 2.05) is 0 Å². The lowest BCUT2D eigenvalue weighted by Gasteiger charge is -2.16. The van der Waals surface area contributed by atoms with Gasteiger partial charge in [-0.25, -0.2) is 18.2 Å². The van der Waals surface area contributed by atoms with Crippen LogP contribution in [0, 0.1) is 13.8 Å². The van der Waals surface area contributed by atoms with Crippen molar-refractivity contribution in [2.24, 2.45) is 16.5 Å². The van der Waals surface area contributed by atoms with Gasteiger partial charge < -0.3 is 31.6 Å². The number of aliphatic imine (C=N–C) groups is 1. The van der Waals surface area contributed by atoms with Crippen LogP contribution in [0.1, 0.15) is 39.9 Å². The summed E-state index contributed by atoms with van der Waals surface area (Å²) in [6.45, 7) is 3.93. The third kappa shape index (κ3) is 7.45. The number of carboxylic acids is 1. The van der Waals surface area contributed by atoms with E-state index in [9.17, 15) is 23.1 Å². The molecule has 1 amide bonds. The van der Waals surface area contributed by atoms with Crippen LogP contribution >= 0.6 is 11.3 Å². The molecule has 204 valence electrons. The summed E-state index contributed by atoms with van der Waals surface area (Å²) < 4.78 is 34.5. The number of hydrogen-bond acceptors (Lipinski definition) is 9. The Morgan fingerprint density at radius 3 is 2.58 bits per heavy atom. The maximum absolute atomic E-state index is 13.3. The van der Waals surface area contributed by atoms with E-state index in [4.69, 9.17) is 15.9 Å². The number of nitrogens with two attached hydrogens (primary N) is 2. The third-order valence-electron chi connectivity index (χ3n) is 5.29. The Kier molecular flexibility index (Phi) is 9.30. The minimum Gasteiger partial charge on any atom is -0.480 e. The van der Waals surface area contributed by atoms with Gasteiger partial charge in [-0.2, -0.15) is 0 Å². The second-order valence-electron chi connectivity index (χ2n) is 8.17. The molecule has 0 aliphatic rings. The molecule has 0 unspecified atom stereocenters. The third-order valence-corrected chi connectivity index (χ3v) is 7.62. The van der Waals surface area contributed by atoms with E-state index in [-0.39, 0.29) is 40.9 Å². The zero-order valence-electron chi connectivity index (χ0n) is 20.7. The number of carbonyl (C=O) groups is 2. The molecule has 0 fully saturated rings. The van der Waals surface area contributed by atoms with E-state index in [1.165, 1.54) is 17.5 Å². The normalized spacial score (nSPS) is 11.9. The van der Waals surface area contributed by atoms with Gasteiger partial charge in [-0.1, -0.05) is 12.1 Å². The van der Waals surface area contributed by atoms with Crippen LogP contribution in [0.25, 0.3) is 0 Å². The fourth-order valence-electron chi connectivity index (χ4n) is 3.51. The van der Waals surface area contributed by atoms with Crippen LogP contribution in [0.4, 0.5) is 11.4 Å². The number of oxazole rings is 1. The molecule has 2 heterocycles. The predicted octanol–water partition coefficient (Wildman–Crippen LogP) is 2.00. The summed E-state index contributed by atoms with van der Waals surface area (Å²) in [5.41, 5.74) is 11.5. The summed E-state index contributed by atoms with van der Waals surface area (Å²) in [5.74, 6) is -0.951. The van der Waals surface area contributed by atoms with E-state index in [2.05, 4.69) is 25.3 Å². The average molecular weight is 564 g/mol. The number of carboxylic acid groups (broad SMARTS) is 1. The van der Waals surface area contributed by atoms with Gasteiger partial charge in [0.1, 0.15) is 27.3 Å². The number of aliphatic carboxylic acids is 1. The highest BCUT2D eigenvalue weighted by Gasteiger charge is 2.26. The first-order valence-corrected chi connectivity index (χ1v) is 13.8. The molecule has 0 saturated heterocycles. The second-order valence-corrected chi connectivity index (χ2v) is 10.7. The van der Waals surface area contributed by atoms with Crippen molar-refractivity contribution in [3.63, 3.8) is 0 Å². The number of anilines is 2. The van der Waals surface area contributed by atoms with Crippen LogP contribution in [0.2, 0.25) is 0 Å². The molecule has 1 atom stereocenters. The van der Waals surface area contributed by atoms with Gasteiger partial charge in [0, 0.05) is 13.5 Å². The molecule has 38 heavy (non-hydrogen) atoms. The Balaban J connectivity index is 1.74. The van der Waals surface area contributed by atoms with E-state index in [0.717, 1.165) is 11.3 Å². The number of aryl methyl sites for hydroxylation is 2. The lowest BCUT2D eigenvalue weighted by atomic mass is 10.1. The SMILES string of the molecule is Cc1nc(CNc2ccccc2S(=O)(=O)Nc2ccsc2C(=O)N[C@@H](CCCN=C(N)N)C(=O)O)c(C)o1. The second kappa shape index (κ2) is 12.4. The number of hydrogen-bond donors (Lipinski definition) is 6. The molecule has 0 bridgehead atoms. The summed E-state index contributed by atoms with van der Waals surface area (Å²) in [6.07, 6.45) is 0.393. The van der Waals surface area contributed by atoms with Crippen LogP contribution < -0.4 is 26.8 Å². The van der Waals surface area contributed by atoms with Gasteiger partial charge in [-0.3, -0.25) is 14.5 Å². The van der Waals surface area contributed by atoms with E-state index < -0.39 is 27.9 Å². The highest BCUT2D eigenvalue weighted by Crippen LogP contribution is 2.28. The van der Waals surface area contributed by atoms with Gasteiger partial charge >= 0.3 is 5.97 Å². The lowest BCUT2D eigenvalue weighted by Crippen LogP contribution is -2.40. The first-order valence-electron chi connectivity index (χ1n) is 11.4. The summed E-state index contributed by atoms with van der Waals surface area (Å²) in [5, 5.41) is 16.5. The number of guanidine groups is 1. The summed E-state index contributed by atoms with van der Waals surface area (Å²) in [7, 11) is -4.13. The molecule has 0 radical (unpaired) electrons. The minimum atomic E-state index is -4.13. The lowest BCUT2D eigenvalue weighted by molar-refractivity contribution is -0.139. The zero-order valence-corrected chi connectivity index (χ0v) is 22.4. The quantitative estimate of drug-likeness (QED) is 0.101. The summed E-state index contributed by atoms with van der Waals surface area (Å²) >= 11 is 0.974. The highest BCUT2D eigenvalue weighted by molar-refractivity contribution is 7.93. The van der Waals surface area contributed by atoms with Gasteiger partial charge in [0.15, 0.2) is 11.9 Å². The van der Waals surface area contributed by atoms with Gasteiger partial charge in [0.25, 0.3) is 15.9 Å². The minimum absolute atomic E-state index is 0.0168. The van der Waals surface area contributed by atoms with Crippen molar-refractivity contribution in [3.8, 4) is 0 Å². The summed E-state index contributed by atoms with van der Waals surface area (Å²) in [6, 6.07) is 6.52. The highest BCUT2D eigenvalue weighted by atomic mass is 32.2. The Labute approximate surface area is 223 Å². The van der Waals surface area contributed by atoms with Gasteiger partial charge in [-0.15, -0.1) is 11.3 Å². The molecule has 15 heteroatoms. The smallest absolute Gasteiger partial charge is 0.326 e. The molecule has 3 aromatic rings. The topological polar surface area (TPSA) is 215 Å². The van der Waals surface area contributed by atoms with E-state index in [1.54, 1.807) is 32.0 Å². The standard InChI is InChI=1S/C23H29N7O6S2/c1-13-18(28-14(2)36-13)12-27-15-6-3-4-8-19(15)38(34,35)30-16-9-11-37-20(16)21(31)29-17(22(32)33)7-5-10-26-23(24)25/h3-4,6,8-9,11,17,27,30H,5,7,10,12H2,1-2H3,(H,29,31)(H,32,33)(H4,24,25,26)/t17-/m0/s1. The maximum Gasteiger partial charge on any atom is 0.326 e. The molecular weight excluding hydrogens is 534 g/mol. The molecule has 0 saturated carbocycles. The van der Waals surface area contributed by atoms with Gasteiger partial charge in [-0.05, 0) is 43.3 Å². The van der Waals surface area contributed by atoms with Crippen molar-refractivity contribution in [3.05, 3.63) is 57.9 Å². The van der Waals surface area contributed by atoms with Crippen LogP contribution in [-0.2, 0) is 21.4 Å². The van der Waals surface area contributed by atoms with Crippen molar-refractivity contribution >= 4 is 50.6 Å². The maximum atomic E-state index is 13.3. The monoisotopic (exact) mass is 563 g/mol. The number of aromatic nitrogens is 1. The fraction of sp³-hybridized carbons (Fsp3) is 0.304. The van der Waals surface area contributed by atoms with Gasteiger partial charge in [0.2, 0.25) is 0 Å². The molecule has 0 spiro atoms. The first-order chi connectivity index (χ1) is 18.0. The predicted molar refractivity (Wildman–Crippen MR) is 144 cm³/mol. The van der Waals surface area contributed by atoms with Crippen LogP contribution in [0.3, 0.4) is 0 Å². The first kappa shape index (κ1) is 28.5. The van der Waals surface area contributed by atoms with Crippen LogP contribution in [-0.4, -0.2) is 48.9 Å². The molecule has 3 rings (SSSR count). The number of sulfonamides is 1. The average Bonchev–Trinajstić information content (AvgIpc) is 3.43. The Morgan fingerprint density at radius 2 is 1.92 bits per heavy atom. The van der Waals surface area contributed by atoms with E-state index in [0.29, 0.717) is 29.5 Å². The zero-order chi connectivity index (χ0) is 27.9. The number of nitrogens with one attached hydrogen (secondary N) is 3. The molecular formula is C23H29N7O6S2. The fourth-order valence-corrected chi connectivity index (χ4v) is 5.59. The van der Waals surface area contributed by atoms with Crippen LogP contribution in [0.15, 0.2) is 50.0 Å². The number of nitrogens with zero attached hydrogens (tertiary/aromatic N) is 2. The molecule has 0 aliphatic carbocycles. The van der Waals surface area contributed by atoms with Crippen molar-refractivity contribution in [1.29, 1.82) is 0 Å². The number of thiophene rings is 1. The van der Waals surface area contributed by atoms with E-state index >= 15 is 0 Å². The van der Waals surface area contributed by atoms with Crippen LogP contribution in [0.5, 0.6) is 0 Å². The number of rotatable bonds is 13. The van der Waals surface area contributed by atoms with Crippen molar-refractivity contribution in [2.45, 2.75) is 44.2 Å². The number of carbonyl (C=O) groups excluding carboxylic acids is 1. The number of benzene rings is 1. The summed E-state index contributed by atoms with van der Waals surface area (Å²) in [4.78, 5) is 32.5. The largest absolute Gasteiger partial charge is 0.480 e. The number of para-hydroxylation sites is 1. The van der Waals surface area contributed by atoms with Gasteiger partial charge in [0.05, 0.1) is 17.9 Å². The van der Waals surface area contributed by atoms with Crippen molar-refractivity contribution in [2.75, 3.05) is 16.6 Å². The van der Waals surface area contributed by atoms with Crippen molar-refractivity contribution in [1.82, 2.24) is 10.3 Å². The molecule has 2 aromatic heterocycles. The Bertz CT molecular complexity index is 1430. The molecule has 0 aliphatic heterocycles. The Morgan fingerprint density at radius 1 is 1.18 bits per heavy atom. The Hall–Kier alpha value is -4.11. The molecule has 1 aromatic carbocycles. The molecule has 8 N–H and O–H groups in total.